The lowest BCUT2D eigenvalue weighted by Gasteiger charge is -2.03. The molecule has 3 nitrogen and oxygen atoms in total. The Bertz CT molecular complexity index is 217. The van der Waals surface area contributed by atoms with Crippen molar-refractivity contribution in [1.29, 1.82) is 0 Å². The van der Waals surface area contributed by atoms with E-state index >= 15 is 0 Å². The van der Waals surface area contributed by atoms with Gasteiger partial charge in [0, 0.05) is 0 Å². The Hall–Kier alpha value is -0.230. The molecule has 0 aliphatic carbocycles. The van der Waals surface area contributed by atoms with Crippen LogP contribution in [0, 0.1) is 0 Å². The summed E-state index contributed by atoms with van der Waals surface area (Å²) in [7, 11) is -4.46. The Kier molecular flexibility index (Phi) is 9.39. The molecule has 0 saturated heterocycles. The molecule has 0 rings (SSSR count). The second kappa shape index (κ2) is 8.11. The smallest absolute Gasteiger partial charge is 0.283 e. The molecule has 0 aromatic rings. The van der Waals surface area contributed by atoms with Crippen molar-refractivity contribution in [1.82, 2.24) is 0 Å². The van der Waals surface area contributed by atoms with Crippen LogP contribution < -0.4 is 0 Å². The van der Waals surface area contributed by atoms with Gasteiger partial charge in [-0.05, 0) is 12.8 Å². The Balaban J connectivity index is 0. The SMILES string of the molecule is CCCCCCCC(F)S(=O)(=O)O.F. The largest absolute Gasteiger partial charge is 0.297 e. The molecule has 0 aromatic carbocycles. The maximum Gasteiger partial charge on any atom is 0.297 e. The Labute approximate surface area is 83.8 Å². The lowest BCUT2D eigenvalue weighted by molar-refractivity contribution is 0.350. The van der Waals surface area contributed by atoms with Gasteiger partial charge in [0.05, 0.1) is 0 Å². The Morgan fingerprint density at radius 2 is 1.71 bits per heavy atom. The van der Waals surface area contributed by atoms with Gasteiger partial charge in [0.15, 0.2) is 0 Å². The van der Waals surface area contributed by atoms with E-state index in [2.05, 4.69) is 6.92 Å². The number of alkyl halides is 1. The van der Waals surface area contributed by atoms with E-state index in [4.69, 9.17) is 4.55 Å². The second-order valence-corrected chi connectivity index (χ2v) is 4.67. The van der Waals surface area contributed by atoms with Gasteiger partial charge in [-0.2, -0.15) is 8.42 Å². The average molecular weight is 232 g/mol. The van der Waals surface area contributed by atoms with Crippen molar-refractivity contribution in [2.75, 3.05) is 0 Å². The first-order valence-electron chi connectivity index (χ1n) is 4.59. The molecule has 0 spiro atoms. The van der Waals surface area contributed by atoms with E-state index in [9.17, 15) is 12.8 Å². The van der Waals surface area contributed by atoms with Gasteiger partial charge in [-0.15, -0.1) is 0 Å². The normalized spacial score (nSPS) is 13.4. The van der Waals surface area contributed by atoms with Crippen LogP contribution in [-0.4, -0.2) is 18.5 Å². The molecule has 0 amide bonds. The fourth-order valence-electron chi connectivity index (χ4n) is 1.06. The second-order valence-electron chi connectivity index (χ2n) is 3.13. The van der Waals surface area contributed by atoms with Crippen molar-refractivity contribution in [3.05, 3.63) is 0 Å². The first-order chi connectivity index (χ1) is 5.98. The lowest BCUT2D eigenvalue weighted by atomic mass is 10.1. The van der Waals surface area contributed by atoms with Gasteiger partial charge in [0.1, 0.15) is 0 Å². The van der Waals surface area contributed by atoms with Crippen LogP contribution in [0.15, 0.2) is 0 Å². The zero-order valence-electron chi connectivity index (χ0n) is 8.28. The highest BCUT2D eigenvalue weighted by Gasteiger charge is 2.20. The Morgan fingerprint density at radius 1 is 1.21 bits per heavy atom. The van der Waals surface area contributed by atoms with Gasteiger partial charge < -0.3 is 0 Å². The minimum Gasteiger partial charge on any atom is -0.283 e. The topological polar surface area (TPSA) is 54.4 Å². The molecule has 1 atom stereocenters. The summed E-state index contributed by atoms with van der Waals surface area (Å²) in [5.74, 6) is 0. The number of unbranched alkanes of at least 4 members (excludes halogenated alkanes) is 4. The molecule has 0 radical (unpaired) electrons. The van der Waals surface area contributed by atoms with Crippen molar-refractivity contribution in [3.63, 3.8) is 0 Å². The number of hydrogen-bond donors (Lipinski definition) is 1. The minimum absolute atomic E-state index is 0. The highest BCUT2D eigenvalue weighted by atomic mass is 32.2. The van der Waals surface area contributed by atoms with Gasteiger partial charge in [0.2, 0.25) is 5.50 Å². The molecule has 88 valence electrons. The predicted octanol–water partition coefficient (Wildman–Crippen LogP) is 2.68. The molecule has 0 aliphatic rings. The molecule has 1 unspecified atom stereocenters. The van der Waals surface area contributed by atoms with E-state index in [-0.39, 0.29) is 11.1 Å². The molecule has 6 heteroatoms. The molecule has 1 N–H and O–H groups in total. The van der Waals surface area contributed by atoms with Crippen LogP contribution in [0.4, 0.5) is 9.09 Å². The Morgan fingerprint density at radius 3 is 2.14 bits per heavy atom. The van der Waals surface area contributed by atoms with Gasteiger partial charge in [0.25, 0.3) is 10.1 Å². The third-order valence-electron chi connectivity index (χ3n) is 1.86. The van der Waals surface area contributed by atoms with Crippen molar-refractivity contribution >= 4 is 10.1 Å². The van der Waals surface area contributed by atoms with Gasteiger partial charge in [-0.25, -0.2) is 4.39 Å². The summed E-state index contributed by atoms with van der Waals surface area (Å²) in [4.78, 5) is 0. The third-order valence-corrected chi connectivity index (χ3v) is 2.74. The van der Waals surface area contributed by atoms with Crippen LogP contribution in [0.25, 0.3) is 0 Å². The predicted molar refractivity (Wildman–Crippen MR) is 52.3 cm³/mol. The van der Waals surface area contributed by atoms with Crippen molar-refractivity contribution < 1.29 is 22.1 Å². The van der Waals surface area contributed by atoms with Crippen molar-refractivity contribution in [2.24, 2.45) is 0 Å². The monoisotopic (exact) mass is 232 g/mol. The van der Waals surface area contributed by atoms with Crippen LogP contribution in [0.3, 0.4) is 0 Å². The highest BCUT2D eigenvalue weighted by Crippen LogP contribution is 2.12. The third kappa shape index (κ3) is 8.37. The van der Waals surface area contributed by atoms with E-state index in [0.717, 1.165) is 25.7 Å². The molecule has 0 aliphatic heterocycles. The number of hydrogen-bond acceptors (Lipinski definition) is 2. The van der Waals surface area contributed by atoms with Crippen LogP contribution in [0.1, 0.15) is 45.4 Å². The quantitative estimate of drug-likeness (QED) is 0.542. The standard InChI is InChI=1S/C8H17FO3S.FH/c1-2-3-4-5-6-7-8(9)13(10,11)12;/h8H,2-7H2,1H3,(H,10,11,12);1H. The average Bonchev–Trinajstić information content (AvgIpc) is 2.02. The summed E-state index contributed by atoms with van der Waals surface area (Å²) in [6, 6.07) is 0. The van der Waals surface area contributed by atoms with E-state index in [1.807, 2.05) is 0 Å². The van der Waals surface area contributed by atoms with E-state index in [0.29, 0.717) is 6.42 Å². The van der Waals surface area contributed by atoms with Crippen molar-refractivity contribution in [2.45, 2.75) is 51.0 Å². The molecule has 0 saturated carbocycles. The maximum atomic E-state index is 12.6. The summed E-state index contributed by atoms with van der Waals surface area (Å²) in [5, 5.41) is 0. The van der Waals surface area contributed by atoms with Crippen LogP contribution in [-0.2, 0) is 10.1 Å². The summed E-state index contributed by atoms with van der Waals surface area (Å²) in [5.41, 5.74) is -2.10. The highest BCUT2D eigenvalue weighted by molar-refractivity contribution is 7.86. The maximum absolute atomic E-state index is 12.6. The lowest BCUT2D eigenvalue weighted by Crippen LogP contribution is -2.14. The van der Waals surface area contributed by atoms with Crippen LogP contribution in [0.2, 0.25) is 0 Å². The van der Waals surface area contributed by atoms with Crippen LogP contribution in [0.5, 0.6) is 0 Å². The molecular weight excluding hydrogens is 214 g/mol. The summed E-state index contributed by atoms with van der Waals surface area (Å²) in [6.45, 7) is 2.07. The fraction of sp³-hybridized carbons (Fsp3) is 1.00. The molecule has 14 heavy (non-hydrogen) atoms. The minimum atomic E-state index is -4.46. The molecule has 0 heterocycles. The number of halogens is 2. The van der Waals surface area contributed by atoms with Crippen LogP contribution >= 0.6 is 0 Å². The van der Waals surface area contributed by atoms with Gasteiger partial charge in [-0.3, -0.25) is 9.26 Å². The summed E-state index contributed by atoms with van der Waals surface area (Å²) >= 11 is 0. The first-order valence-corrected chi connectivity index (χ1v) is 6.09. The molecule has 0 aromatic heterocycles. The first kappa shape index (κ1) is 16.2. The number of rotatable bonds is 7. The van der Waals surface area contributed by atoms with Gasteiger partial charge >= 0.3 is 0 Å². The zero-order valence-corrected chi connectivity index (χ0v) is 9.09. The molecule has 0 bridgehead atoms. The van der Waals surface area contributed by atoms with Gasteiger partial charge in [-0.1, -0.05) is 32.6 Å². The molecular formula is C8H18F2O3S. The molecule has 0 fully saturated rings. The van der Waals surface area contributed by atoms with Crippen molar-refractivity contribution in [3.8, 4) is 0 Å². The van der Waals surface area contributed by atoms with E-state index in [1.54, 1.807) is 0 Å². The van der Waals surface area contributed by atoms with E-state index < -0.39 is 15.6 Å². The van der Waals surface area contributed by atoms with E-state index in [1.165, 1.54) is 0 Å². The summed E-state index contributed by atoms with van der Waals surface area (Å²) in [6.07, 6.45) is 4.42. The zero-order chi connectivity index (χ0) is 10.3. The fourth-order valence-corrected chi connectivity index (χ4v) is 1.52. The summed E-state index contributed by atoms with van der Waals surface area (Å²) < 4.78 is 41.3.